The molecule has 1 aromatic heterocycles. The molecule has 1 amide bonds. The largest absolute Gasteiger partial charge is 0.356 e. The number of carbonyl (C=O) groups excluding carboxylic acids is 1. The summed E-state index contributed by atoms with van der Waals surface area (Å²) in [4.78, 5) is 16.2. The number of para-hydroxylation sites is 2. The van der Waals surface area contributed by atoms with Gasteiger partial charge in [-0.3, -0.25) is 4.79 Å². The SMILES string of the molecule is CCC(=O)NCCc1nc2ccccc2n1Cc1cccc(Br)c1. The Labute approximate surface area is 150 Å². The molecule has 1 heterocycles. The van der Waals surface area contributed by atoms with Crippen molar-refractivity contribution >= 4 is 32.9 Å². The number of nitrogens with zero attached hydrogens (tertiary/aromatic N) is 2. The number of amides is 1. The first-order chi connectivity index (χ1) is 11.7. The summed E-state index contributed by atoms with van der Waals surface area (Å²) in [6.07, 6.45) is 1.23. The quantitative estimate of drug-likeness (QED) is 0.698. The van der Waals surface area contributed by atoms with Gasteiger partial charge in [-0.2, -0.15) is 0 Å². The minimum atomic E-state index is 0.0738. The van der Waals surface area contributed by atoms with Gasteiger partial charge in [0.05, 0.1) is 11.0 Å². The van der Waals surface area contributed by atoms with Crippen LogP contribution in [0.25, 0.3) is 11.0 Å². The minimum absolute atomic E-state index is 0.0738. The van der Waals surface area contributed by atoms with E-state index < -0.39 is 0 Å². The van der Waals surface area contributed by atoms with Crippen LogP contribution in [0.2, 0.25) is 0 Å². The lowest BCUT2D eigenvalue weighted by molar-refractivity contribution is -0.120. The molecule has 1 N–H and O–H groups in total. The van der Waals surface area contributed by atoms with E-state index in [0.717, 1.165) is 27.9 Å². The molecule has 3 rings (SSSR count). The molecule has 24 heavy (non-hydrogen) atoms. The molecule has 0 aliphatic heterocycles. The van der Waals surface area contributed by atoms with E-state index in [2.05, 4.69) is 44.0 Å². The summed E-state index contributed by atoms with van der Waals surface area (Å²) in [5.41, 5.74) is 3.32. The summed E-state index contributed by atoms with van der Waals surface area (Å²) >= 11 is 3.53. The van der Waals surface area contributed by atoms with Crippen molar-refractivity contribution in [3.05, 3.63) is 64.4 Å². The number of hydrogen-bond donors (Lipinski definition) is 1. The van der Waals surface area contributed by atoms with Crippen molar-refractivity contribution < 1.29 is 4.79 Å². The Hall–Kier alpha value is -2.14. The predicted molar refractivity (Wildman–Crippen MR) is 100.0 cm³/mol. The molecule has 0 spiro atoms. The van der Waals surface area contributed by atoms with E-state index in [0.29, 0.717) is 19.4 Å². The molecule has 0 saturated heterocycles. The highest BCUT2D eigenvalue weighted by Gasteiger charge is 2.11. The van der Waals surface area contributed by atoms with Crippen molar-refractivity contribution in [3.63, 3.8) is 0 Å². The number of hydrogen-bond acceptors (Lipinski definition) is 2. The summed E-state index contributed by atoms with van der Waals surface area (Å²) in [6.45, 7) is 3.23. The number of aromatic nitrogens is 2. The van der Waals surface area contributed by atoms with Gasteiger partial charge in [-0.15, -0.1) is 0 Å². The van der Waals surface area contributed by atoms with E-state index >= 15 is 0 Å². The molecule has 0 aliphatic carbocycles. The maximum absolute atomic E-state index is 11.4. The summed E-state index contributed by atoms with van der Waals surface area (Å²) in [6, 6.07) is 16.5. The first-order valence-corrected chi connectivity index (χ1v) is 8.92. The van der Waals surface area contributed by atoms with E-state index in [4.69, 9.17) is 4.98 Å². The van der Waals surface area contributed by atoms with Crippen LogP contribution in [0.1, 0.15) is 24.7 Å². The van der Waals surface area contributed by atoms with Crippen LogP contribution in [0, 0.1) is 0 Å². The lowest BCUT2D eigenvalue weighted by Crippen LogP contribution is -2.25. The van der Waals surface area contributed by atoms with Crippen molar-refractivity contribution in [3.8, 4) is 0 Å². The summed E-state index contributed by atoms with van der Waals surface area (Å²) in [7, 11) is 0. The average molecular weight is 386 g/mol. The number of fused-ring (bicyclic) bond motifs is 1. The van der Waals surface area contributed by atoms with Gasteiger partial charge in [0.25, 0.3) is 0 Å². The first kappa shape index (κ1) is 16.7. The Morgan fingerprint density at radius 1 is 1.21 bits per heavy atom. The molecule has 0 unspecified atom stereocenters. The zero-order chi connectivity index (χ0) is 16.9. The second-order valence-corrected chi connectivity index (χ2v) is 6.60. The van der Waals surface area contributed by atoms with Crippen LogP contribution >= 0.6 is 15.9 Å². The number of benzene rings is 2. The minimum Gasteiger partial charge on any atom is -0.356 e. The number of nitrogens with one attached hydrogen (secondary N) is 1. The topological polar surface area (TPSA) is 46.9 Å². The van der Waals surface area contributed by atoms with Crippen molar-refractivity contribution in [2.45, 2.75) is 26.3 Å². The highest BCUT2D eigenvalue weighted by molar-refractivity contribution is 9.10. The molecule has 0 aliphatic rings. The Bertz CT molecular complexity index is 857. The van der Waals surface area contributed by atoms with Gasteiger partial charge in [0.1, 0.15) is 5.82 Å². The van der Waals surface area contributed by atoms with Crippen LogP contribution < -0.4 is 5.32 Å². The van der Waals surface area contributed by atoms with E-state index in [1.54, 1.807) is 0 Å². The molecule has 0 saturated carbocycles. The maximum Gasteiger partial charge on any atom is 0.219 e. The molecule has 0 radical (unpaired) electrons. The summed E-state index contributed by atoms with van der Waals surface area (Å²) in [5.74, 6) is 1.07. The van der Waals surface area contributed by atoms with Gasteiger partial charge in [-0.1, -0.05) is 47.1 Å². The van der Waals surface area contributed by atoms with Crippen LogP contribution in [0.15, 0.2) is 53.0 Å². The van der Waals surface area contributed by atoms with Gasteiger partial charge in [0, 0.05) is 30.4 Å². The third-order valence-electron chi connectivity index (χ3n) is 3.96. The van der Waals surface area contributed by atoms with Crippen LogP contribution in [-0.4, -0.2) is 22.0 Å². The molecule has 4 nitrogen and oxygen atoms in total. The van der Waals surface area contributed by atoms with E-state index in [-0.39, 0.29) is 5.91 Å². The molecule has 3 aromatic rings. The first-order valence-electron chi connectivity index (χ1n) is 8.12. The molecule has 0 atom stereocenters. The second-order valence-electron chi connectivity index (χ2n) is 5.69. The average Bonchev–Trinajstić information content (AvgIpc) is 2.92. The maximum atomic E-state index is 11.4. The van der Waals surface area contributed by atoms with Crippen LogP contribution in [0.4, 0.5) is 0 Å². The third-order valence-corrected chi connectivity index (χ3v) is 4.45. The molecule has 0 fully saturated rings. The normalized spacial score (nSPS) is 10.9. The lowest BCUT2D eigenvalue weighted by Gasteiger charge is -2.10. The predicted octanol–water partition coefficient (Wildman–Crippen LogP) is 3.92. The highest BCUT2D eigenvalue weighted by Crippen LogP contribution is 2.20. The fraction of sp³-hybridized carbons (Fsp3) is 0.263. The summed E-state index contributed by atoms with van der Waals surface area (Å²) in [5, 5.41) is 2.93. The highest BCUT2D eigenvalue weighted by atomic mass is 79.9. The van der Waals surface area contributed by atoms with Gasteiger partial charge >= 0.3 is 0 Å². The Morgan fingerprint density at radius 3 is 2.83 bits per heavy atom. The molecular formula is C19H20BrN3O. The van der Waals surface area contributed by atoms with Crippen LogP contribution in [0.5, 0.6) is 0 Å². The fourth-order valence-corrected chi connectivity index (χ4v) is 3.20. The second kappa shape index (κ2) is 7.62. The van der Waals surface area contributed by atoms with Crippen LogP contribution in [-0.2, 0) is 17.8 Å². The molecule has 5 heteroatoms. The van der Waals surface area contributed by atoms with Crippen molar-refractivity contribution in [1.82, 2.24) is 14.9 Å². The van der Waals surface area contributed by atoms with Crippen molar-refractivity contribution in [1.29, 1.82) is 0 Å². The molecule has 2 aromatic carbocycles. The number of halogens is 1. The van der Waals surface area contributed by atoms with E-state index in [1.165, 1.54) is 5.56 Å². The van der Waals surface area contributed by atoms with Crippen molar-refractivity contribution in [2.24, 2.45) is 0 Å². The van der Waals surface area contributed by atoms with Gasteiger partial charge in [-0.05, 0) is 29.8 Å². The van der Waals surface area contributed by atoms with Gasteiger partial charge in [0.15, 0.2) is 0 Å². The molecule has 124 valence electrons. The standard InChI is InChI=1S/C19H20BrN3O/c1-2-19(24)21-11-10-18-22-16-8-3-4-9-17(16)23(18)13-14-6-5-7-15(20)12-14/h3-9,12H,2,10-11,13H2,1H3,(H,21,24). The fourth-order valence-electron chi connectivity index (χ4n) is 2.75. The monoisotopic (exact) mass is 385 g/mol. The Kier molecular flexibility index (Phi) is 5.30. The third kappa shape index (κ3) is 3.85. The molecular weight excluding hydrogens is 366 g/mol. The van der Waals surface area contributed by atoms with Gasteiger partial charge in [0.2, 0.25) is 5.91 Å². The van der Waals surface area contributed by atoms with E-state index in [1.807, 2.05) is 37.3 Å². The van der Waals surface area contributed by atoms with Gasteiger partial charge in [-0.25, -0.2) is 4.98 Å². The van der Waals surface area contributed by atoms with Crippen LogP contribution in [0.3, 0.4) is 0 Å². The smallest absolute Gasteiger partial charge is 0.219 e. The number of carbonyl (C=O) groups is 1. The zero-order valence-electron chi connectivity index (χ0n) is 13.6. The number of rotatable bonds is 6. The van der Waals surface area contributed by atoms with E-state index in [9.17, 15) is 4.79 Å². The number of imidazole rings is 1. The van der Waals surface area contributed by atoms with Crippen molar-refractivity contribution in [2.75, 3.05) is 6.54 Å². The Morgan fingerprint density at radius 2 is 2.04 bits per heavy atom. The zero-order valence-corrected chi connectivity index (χ0v) is 15.2. The lowest BCUT2D eigenvalue weighted by atomic mass is 10.2. The van der Waals surface area contributed by atoms with Gasteiger partial charge < -0.3 is 9.88 Å². The molecule has 0 bridgehead atoms. The summed E-state index contributed by atoms with van der Waals surface area (Å²) < 4.78 is 3.30. The Balaban J connectivity index is 1.88.